The lowest BCUT2D eigenvalue weighted by Gasteiger charge is -2.29. The molecule has 4 rings (SSSR count). The van der Waals surface area contributed by atoms with E-state index in [1.165, 1.54) is 11.0 Å². The van der Waals surface area contributed by atoms with Gasteiger partial charge in [0, 0.05) is 13.1 Å². The van der Waals surface area contributed by atoms with Crippen LogP contribution in [0.1, 0.15) is 12.8 Å². The highest BCUT2D eigenvalue weighted by Crippen LogP contribution is 2.28. The summed E-state index contributed by atoms with van der Waals surface area (Å²) < 4.78 is 25.2. The fraction of sp³-hybridized carbons (Fsp3) is 0.579. The summed E-state index contributed by atoms with van der Waals surface area (Å²) in [7, 11) is 0. The van der Waals surface area contributed by atoms with E-state index in [0.29, 0.717) is 37.7 Å². The van der Waals surface area contributed by atoms with Crippen molar-refractivity contribution in [3.8, 4) is 0 Å². The van der Waals surface area contributed by atoms with Gasteiger partial charge in [-0.05, 0) is 37.6 Å². The average Bonchev–Trinajstić information content (AvgIpc) is 3.37. The molecule has 9 heteroatoms. The number of benzene rings is 1. The van der Waals surface area contributed by atoms with E-state index < -0.39 is 12.2 Å². The molecule has 3 aliphatic heterocycles. The fourth-order valence-electron chi connectivity index (χ4n) is 3.81. The second-order valence-corrected chi connectivity index (χ2v) is 7.25. The maximum absolute atomic E-state index is 14.6. The lowest BCUT2D eigenvalue weighted by atomic mass is 10.2. The molecule has 0 saturated carbocycles. The topological polar surface area (TPSA) is 83.1 Å². The van der Waals surface area contributed by atoms with Crippen molar-refractivity contribution in [3.05, 3.63) is 24.0 Å². The molecule has 3 saturated heterocycles. The van der Waals surface area contributed by atoms with E-state index in [1.807, 2.05) is 4.90 Å². The maximum atomic E-state index is 14.6. The third kappa shape index (κ3) is 4.05. The number of anilines is 2. The van der Waals surface area contributed by atoms with Gasteiger partial charge in [0.25, 0.3) is 0 Å². The Labute approximate surface area is 162 Å². The second kappa shape index (κ2) is 8.32. The number of halogens is 1. The number of amides is 2. The third-order valence-electron chi connectivity index (χ3n) is 5.35. The van der Waals surface area contributed by atoms with Crippen LogP contribution in [0.5, 0.6) is 0 Å². The van der Waals surface area contributed by atoms with Crippen LogP contribution >= 0.6 is 0 Å². The van der Waals surface area contributed by atoms with E-state index in [9.17, 15) is 14.0 Å². The third-order valence-corrected chi connectivity index (χ3v) is 5.35. The smallest absolute Gasteiger partial charge is 0.414 e. The van der Waals surface area contributed by atoms with E-state index in [4.69, 9.17) is 9.47 Å². The standard InChI is InChI=1S/C19H25FN4O4/c20-15-10-13(3-4-17(15)23-6-8-27-9-7-23)24-12-14(28-19(24)26)11-22-18(25)16-2-1-5-21-16/h3-4,10,14,16,21H,1-2,5-9,11-12H2,(H,22,25)/t14-,16?/m1/s1. The van der Waals surface area contributed by atoms with Gasteiger partial charge in [0.05, 0.1) is 43.7 Å². The summed E-state index contributed by atoms with van der Waals surface area (Å²) in [5.74, 6) is -0.454. The molecule has 28 heavy (non-hydrogen) atoms. The zero-order chi connectivity index (χ0) is 19.5. The van der Waals surface area contributed by atoms with Crippen molar-refractivity contribution < 1.29 is 23.5 Å². The predicted molar refractivity (Wildman–Crippen MR) is 101 cm³/mol. The molecule has 1 unspecified atom stereocenters. The molecule has 0 aromatic heterocycles. The molecule has 152 valence electrons. The van der Waals surface area contributed by atoms with Gasteiger partial charge in [-0.1, -0.05) is 0 Å². The molecule has 1 aromatic rings. The van der Waals surface area contributed by atoms with Gasteiger partial charge in [-0.25, -0.2) is 9.18 Å². The van der Waals surface area contributed by atoms with Gasteiger partial charge in [0.15, 0.2) is 0 Å². The Morgan fingerprint density at radius 2 is 2.14 bits per heavy atom. The number of nitrogens with one attached hydrogen (secondary N) is 2. The van der Waals surface area contributed by atoms with Crippen LogP contribution < -0.4 is 20.4 Å². The van der Waals surface area contributed by atoms with Crippen molar-refractivity contribution in [1.82, 2.24) is 10.6 Å². The highest BCUT2D eigenvalue weighted by molar-refractivity contribution is 5.90. The van der Waals surface area contributed by atoms with Crippen molar-refractivity contribution in [2.75, 3.05) is 55.7 Å². The van der Waals surface area contributed by atoms with Crippen LogP contribution in [0.25, 0.3) is 0 Å². The highest BCUT2D eigenvalue weighted by Gasteiger charge is 2.33. The molecule has 8 nitrogen and oxygen atoms in total. The molecule has 0 spiro atoms. The molecule has 1 aromatic carbocycles. The van der Waals surface area contributed by atoms with Crippen LogP contribution in [0.15, 0.2) is 18.2 Å². The summed E-state index contributed by atoms with van der Waals surface area (Å²) in [5.41, 5.74) is 0.957. The zero-order valence-electron chi connectivity index (χ0n) is 15.7. The van der Waals surface area contributed by atoms with E-state index >= 15 is 0 Å². The van der Waals surface area contributed by atoms with Gasteiger partial charge in [-0.2, -0.15) is 0 Å². The quantitative estimate of drug-likeness (QED) is 0.773. The number of cyclic esters (lactones) is 1. The minimum absolute atomic E-state index is 0.0760. The summed E-state index contributed by atoms with van der Waals surface area (Å²) in [4.78, 5) is 27.6. The van der Waals surface area contributed by atoms with E-state index in [-0.39, 0.29) is 30.9 Å². The summed E-state index contributed by atoms with van der Waals surface area (Å²) in [6.45, 7) is 3.78. The van der Waals surface area contributed by atoms with Crippen molar-refractivity contribution in [2.45, 2.75) is 25.0 Å². The van der Waals surface area contributed by atoms with Crippen LogP contribution in [-0.2, 0) is 14.3 Å². The molecule has 0 bridgehead atoms. The van der Waals surface area contributed by atoms with E-state index in [0.717, 1.165) is 19.4 Å². The second-order valence-electron chi connectivity index (χ2n) is 7.25. The van der Waals surface area contributed by atoms with Gasteiger partial charge >= 0.3 is 6.09 Å². The van der Waals surface area contributed by atoms with E-state index in [2.05, 4.69) is 10.6 Å². The Hall–Kier alpha value is -2.39. The monoisotopic (exact) mass is 392 g/mol. The zero-order valence-corrected chi connectivity index (χ0v) is 15.7. The number of rotatable bonds is 5. The number of carbonyl (C=O) groups is 2. The number of morpholine rings is 1. The fourth-order valence-corrected chi connectivity index (χ4v) is 3.81. The Bertz CT molecular complexity index is 735. The number of ether oxygens (including phenoxy) is 2. The van der Waals surface area contributed by atoms with Crippen molar-refractivity contribution in [2.24, 2.45) is 0 Å². The molecule has 2 N–H and O–H groups in total. The van der Waals surface area contributed by atoms with Gasteiger partial charge in [0.2, 0.25) is 5.91 Å². The Kier molecular flexibility index (Phi) is 5.63. The first-order valence-corrected chi connectivity index (χ1v) is 9.73. The van der Waals surface area contributed by atoms with Crippen LogP contribution in [0.3, 0.4) is 0 Å². The Morgan fingerprint density at radius 1 is 1.32 bits per heavy atom. The minimum atomic E-state index is -0.531. The molecule has 3 aliphatic rings. The number of nitrogens with zero attached hydrogens (tertiary/aromatic N) is 2. The number of carbonyl (C=O) groups excluding carboxylic acids is 2. The molecular formula is C19H25FN4O4. The number of hydrogen-bond donors (Lipinski definition) is 2. The van der Waals surface area contributed by atoms with Crippen LogP contribution in [0, 0.1) is 5.82 Å². The Balaban J connectivity index is 1.35. The van der Waals surface area contributed by atoms with Gasteiger partial charge in [0.1, 0.15) is 11.9 Å². The first-order chi connectivity index (χ1) is 13.6. The van der Waals surface area contributed by atoms with Crippen molar-refractivity contribution in [1.29, 1.82) is 0 Å². The first kappa shape index (κ1) is 18.9. The molecule has 3 heterocycles. The largest absolute Gasteiger partial charge is 0.442 e. The lowest BCUT2D eigenvalue weighted by Crippen LogP contribution is -2.44. The SMILES string of the molecule is O=C(NC[C@@H]1CN(c2ccc(N3CCOCC3)c(F)c2)C(=O)O1)C1CCCN1. The molecule has 3 fully saturated rings. The lowest BCUT2D eigenvalue weighted by molar-refractivity contribution is -0.123. The Morgan fingerprint density at radius 3 is 2.86 bits per heavy atom. The summed E-state index contributed by atoms with van der Waals surface area (Å²) in [6.07, 6.45) is 0.810. The van der Waals surface area contributed by atoms with Gasteiger partial charge in [-0.15, -0.1) is 0 Å². The van der Waals surface area contributed by atoms with Crippen LogP contribution in [0.4, 0.5) is 20.6 Å². The van der Waals surface area contributed by atoms with Crippen LogP contribution in [0.2, 0.25) is 0 Å². The van der Waals surface area contributed by atoms with Crippen molar-refractivity contribution >= 4 is 23.4 Å². The minimum Gasteiger partial charge on any atom is -0.442 e. The summed E-state index contributed by atoms with van der Waals surface area (Å²) in [5, 5.41) is 5.95. The molecule has 2 atom stereocenters. The van der Waals surface area contributed by atoms with Gasteiger partial charge in [-0.3, -0.25) is 9.69 Å². The summed E-state index contributed by atoms with van der Waals surface area (Å²) in [6, 6.07) is 4.59. The predicted octanol–water partition coefficient (Wildman–Crippen LogP) is 0.856. The molecule has 2 amide bonds. The average molecular weight is 392 g/mol. The molecule has 0 aliphatic carbocycles. The molecular weight excluding hydrogens is 367 g/mol. The van der Waals surface area contributed by atoms with Crippen molar-refractivity contribution in [3.63, 3.8) is 0 Å². The normalized spacial score (nSPS) is 25.1. The first-order valence-electron chi connectivity index (χ1n) is 9.73. The van der Waals surface area contributed by atoms with Crippen LogP contribution in [-0.4, -0.2) is 70.1 Å². The number of hydrogen-bond acceptors (Lipinski definition) is 6. The van der Waals surface area contributed by atoms with Gasteiger partial charge < -0.3 is 25.0 Å². The van der Waals surface area contributed by atoms with E-state index in [1.54, 1.807) is 12.1 Å². The summed E-state index contributed by atoms with van der Waals surface area (Å²) >= 11 is 0. The highest BCUT2D eigenvalue weighted by atomic mass is 19.1. The molecule has 0 radical (unpaired) electrons. The maximum Gasteiger partial charge on any atom is 0.414 e.